The monoisotopic (exact) mass is 647 g/mol. The van der Waals surface area contributed by atoms with Crippen LogP contribution in [-0.4, -0.2) is 59.7 Å². The van der Waals surface area contributed by atoms with E-state index in [1.807, 2.05) is 6.07 Å². The van der Waals surface area contributed by atoms with Crippen molar-refractivity contribution in [1.82, 2.24) is 9.80 Å². The fourth-order valence-electron chi connectivity index (χ4n) is 7.74. The van der Waals surface area contributed by atoms with Gasteiger partial charge in [-0.1, -0.05) is 36.4 Å². The van der Waals surface area contributed by atoms with Crippen molar-refractivity contribution < 1.29 is 33.1 Å². The molecule has 0 spiro atoms. The van der Waals surface area contributed by atoms with Crippen LogP contribution < -0.4 is 14.8 Å². The van der Waals surface area contributed by atoms with Crippen molar-refractivity contribution in [2.24, 2.45) is 11.8 Å². The van der Waals surface area contributed by atoms with Crippen molar-refractivity contribution in [3.8, 4) is 11.5 Å². The summed E-state index contributed by atoms with van der Waals surface area (Å²) in [5, 5.41) is 3.09. The van der Waals surface area contributed by atoms with Gasteiger partial charge in [0, 0.05) is 6.07 Å². The van der Waals surface area contributed by atoms with Gasteiger partial charge in [-0.3, -0.25) is 24.1 Å². The molecule has 10 heteroatoms. The largest absolute Gasteiger partial charge is 0.497 e. The highest BCUT2D eigenvalue weighted by molar-refractivity contribution is 6.22. The Morgan fingerprint density at radius 1 is 0.896 bits per heavy atom. The van der Waals surface area contributed by atoms with Gasteiger partial charge < -0.3 is 24.1 Å². The number of rotatable bonds is 9. The van der Waals surface area contributed by atoms with Gasteiger partial charge >= 0.3 is 0 Å². The Morgan fingerprint density at radius 3 is 2.23 bits per heavy atom. The number of ether oxygens (including phenoxy) is 2. The maximum atomic E-state index is 14.9. The number of carbonyl (C=O) groups is 4. The van der Waals surface area contributed by atoms with Gasteiger partial charge in [-0.25, -0.2) is 0 Å². The topological polar surface area (TPSA) is 118 Å². The van der Waals surface area contributed by atoms with Gasteiger partial charge in [0.2, 0.25) is 11.8 Å². The molecule has 1 N–H and O–H groups in total. The number of hydrogen-bond donors (Lipinski definition) is 1. The molecule has 2 heterocycles. The molecule has 0 bridgehead atoms. The molecule has 0 saturated heterocycles. The molecule has 246 valence electrons. The maximum Gasteiger partial charge on any atom is 0.262 e. The molecule has 10 nitrogen and oxygen atoms in total. The first kappa shape index (κ1) is 31.2. The molecule has 48 heavy (non-hydrogen) atoms. The molecule has 1 aromatic heterocycles. The van der Waals surface area contributed by atoms with E-state index in [0.29, 0.717) is 48.1 Å². The molecule has 7 rings (SSSR count). The minimum Gasteiger partial charge on any atom is -0.497 e. The number of nitrogens with zero attached hydrogens (tertiary/aromatic N) is 2. The number of carbonyl (C=O) groups excluding carboxylic acids is 4. The number of imide groups is 1. The van der Waals surface area contributed by atoms with E-state index in [1.165, 1.54) is 29.4 Å². The minimum atomic E-state index is -1.33. The summed E-state index contributed by atoms with van der Waals surface area (Å²) < 4.78 is 16.7. The molecule has 1 fully saturated rings. The lowest BCUT2D eigenvalue weighted by Crippen LogP contribution is -2.63. The van der Waals surface area contributed by atoms with Crippen molar-refractivity contribution in [1.29, 1.82) is 0 Å². The Bertz CT molecular complexity index is 1850. The van der Waals surface area contributed by atoms with Gasteiger partial charge in [-0.15, -0.1) is 0 Å². The summed E-state index contributed by atoms with van der Waals surface area (Å²) in [4.78, 5) is 58.7. The zero-order valence-corrected chi connectivity index (χ0v) is 26.9. The molecule has 3 aromatic carbocycles. The average Bonchev–Trinajstić information content (AvgIpc) is 3.72. The lowest BCUT2D eigenvalue weighted by molar-refractivity contribution is -0.151. The van der Waals surface area contributed by atoms with E-state index >= 15 is 0 Å². The lowest BCUT2D eigenvalue weighted by Gasteiger charge is -2.51. The average molecular weight is 648 g/mol. The Kier molecular flexibility index (Phi) is 8.24. The van der Waals surface area contributed by atoms with Crippen molar-refractivity contribution in [2.75, 3.05) is 26.1 Å². The van der Waals surface area contributed by atoms with E-state index < -0.39 is 29.8 Å². The Hall–Kier alpha value is -5.38. The van der Waals surface area contributed by atoms with E-state index in [1.54, 1.807) is 61.7 Å². The van der Waals surface area contributed by atoms with Crippen molar-refractivity contribution >= 4 is 29.3 Å². The van der Waals surface area contributed by atoms with Crippen LogP contribution in [0.2, 0.25) is 0 Å². The fourth-order valence-corrected chi connectivity index (χ4v) is 7.74. The molecule has 3 aliphatic rings. The number of fused-ring (bicyclic) bond motifs is 3. The van der Waals surface area contributed by atoms with Crippen LogP contribution in [0.1, 0.15) is 56.9 Å². The van der Waals surface area contributed by atoms with E-state index in [-0.39, 0.29) is 29.5 Å². The van der Waals surface area contributed by atoms with Crippen LogP contribution >= 0.6 is 0 Å². The third-order valence-corrected chi connectivity index (χ3v) is 10.2. The smallest absolute Gasteiger partial charge is 0.262 e. The normalized spacial score (nSPS) is 21.2. The van der Waals surface area contributed by atoms with Crippen LogP contribution in [0.15, 0.2) is 89.5 Å². The Labute approximate surface area is 278 Å². The van der Waals surface area contributed by atoms with Gasteiger partial charge in [0.25, 0.3) is 11.8 Å². The van der Waals surface area contributed by atoms with Gasteiger partial charge in [0.1, 0.15) is 29.3 Å². The highest BCUT2D eigenvalue weighted by Gasteiger charge is 2.53. The number of hydrogen-bond acceptors (Lipinski definition) is 7. The number of furan rings is 1. The standard InChI is InChI=1S/C38H37N3O7/c1-46-28-13-14-32(33(20-28)47-2)39-37(45)38(16-15-26-18-24-8-3-4-9-25(24)19-27(26)21-38)41(22-29-10-7-17-48-29)34(42)23-40-35(43)30-11-5-6-12-31(30)36(40)44/h3-14,17,20,26-27H,15-16,18-19,21-23H2,1-2H3,(H,39,45)/t26-,27+,38+/m1/s1. The van der Waals surface area contributed by atoms with Crippen LogP contribution in [0.3, 0.4) is 0 Å². The summed E-state index contributed by atoms with van der Waals surface area (Å²) in [5.74, 6) is -0.0398. The zero-order chi connectivity index (χ0) is 33.4. The molecule has 4 amide bonds. The molecular weight excluding hydrogens is 610 g/mol. The summed E-state index contributed by atoms with van der Waals surface area (Å²) in [5.41, 5.74) is 2.20. The predicted octanol–water partition coefficient (Wildman–Crippen LogP) is 5.51. The van der Waals surface area contributed by atoms with Crippen LogP contribution in [-0.2, 0) is 29.0 Å². The van der Waals surface area contributed by atoms with Crippen LogP contribution in [0.25, 0.3) is 0 Å². The molecule has 3 atom stereocenters. The number of nitrogens with one attached hydrogen (secondary N) is 1. The van der Waals surface area contributed by atoms with Gasteiger partial charge in [0.05, 0.1) is 43.8 Å². The molecular formula is C38H37N3O7. The number of methoxy groups -OCH3 is 2. The second kappa shape index (κ2) is 12.7. The third-order valence-electron chi connectivity index (χ3n) is 10.2. The molecule has 1 saturated carbocycles. The Balaban J connectivity index is 1.28. The highest BCUT2D eigenvalue weighted by Crippen LogP contribution is 2.47. The first-order valence-electron chi connectivity index (χ1n) is 16.2. The summed E-state index contributed by atoms with van der Waals surface area (Å²) in [6, 6.07) is 23.6. The van der Waals surface area contributed by atoms with Crippen LogP contribution in [0, 0.1) is 11.8 Å². The lowest BCUT2D eigenvalue weighted by atomic mass is 9.62. The van der Waals surface area contributed by atoms with Gasteiger partial charge in [-0.05, 0) is 91.5 Å². The molecule has 4 aromatic rings. The van der Waals surface area contributed by atoms with E-state index in [9.17, 15) is 19.2 Å². The number of anilines is 1. The Morgan fingerprint density at radius 2 is 1.58 bits per heavy atom. The highest BCUT2D eigenvalue weighted by atomic mass is 16.5. The van der Waals surface area contributed by atoms with E-state index in [0.717, 1.165) is 17.7 Å². The van der Waals surface area contributed by atoms with Gasteiger partial charge in [-0.2, -0.15) is 0 Å². The first-order valence-corrected chi connectivity index (χ1v) is 16.2. The molecule has 0 unspecified atom stereocenters. The summed E-state index contributed by atoms with van der Waals surface area (Å²) in [6.07, 6.45) is 4.70. The second-order valence-corrected chi connectivity index (χ2v) is 12.8. The first-order chi connectivity index (χ1) is 23.3. The number of benzene rings is 3. The summed E-state index contributed by atoms with van der Waals surface area (Å²) in [6.45, 7) is -0.527. The van der Waals surface area contributed by atoms with Crippen molar-refractivity contribution in [2.45, 2.75) is 44.2 Å². The van der Waals surface area contributed by atoms with Crippen LogP contribution in [0.5, 0.6) is 11.5 Å². The third kappa shape index (κ3) is 5.51. The maximum absolute atomic E-state index is 14.9. The summed E-state index contributed by atoms with van der Waals surface area (Å²) >= 11 is 0. The van der Waals surface area contributed by atoms with Crippen molar-refractivity contribution in [3.63, 3.8) is 0 Å². The SMILES string of the molecule is COc1ccc(NC(=O)[C@]2(N(Cc3ccco3)C(=O)CN3C(=O)c4ccccc4C3=O)CC[C@@H]3Cc4ccccc4C[C@H]3C2)c(OC)c1. The quantitative estimate of drug-likeness (QED) is 0.238. The minimum absolute atomic E-state index is 0.0177. The predicted molar refractivity (Wildman–Crippen MR) is 177 cm³/mol. The molecule has 2 aliphatic carbocycles. The van der Waals surface area contributed by atoms with Crippen LogP contribution in [0.4, 0.5) is 5.69 Å². The zero-order valence-electron chi connectivity index (χ0n) is 26.9. The number of amides is 4. The van der Waals surface area contributed by atoms with Gasteiger partial charge in [0.15, 0.2) is 0 Å². The van der Waals surface area contributed by atoms with E-state index in [4.69, 9.17) is 13.9 Å². The fraction of sp³-hybridized carbons (Fsp3) is 0.316. The molecule has 1 aliphatic heterocycles. The summed E-state index contributed by atoms with van der Waals surface area (Å²) in [7, 11) is 3.06. The van der Waals surface area contributed by atoms with Crippen molar-refractivity contribution in [3.05, 3.63) is 113 Å². The second-order valence-electron chi connectivity index (χ2n) is 12.8. The molecule has 0 radical (unpaired) electrons. The van der Waals surface area contributed by atoms with E-state index in [2.05, 4.69) is 23.5 Å².